The average Bonchev–Trinajstić information content (AvgIpc) is 3.29. The number of nitrogens with zero attached hydrogens (tertiary/aromatic N) is 2. The van der Waals surface area contributed by atoms with E-state index in [-0.39, 0.29) is 30.7 Å². The topological polar surface area (TPSA) is 68.2 Å². The summed E-state index contributed by atoms with van der Waals surface area (Å²) in [5, 5.41) is 6.44. The van der Waals surface area contributed by atoms with Crippen LogP contribution >= 0.6 is 24.8 Å². The van der Waals surface area contributed by atoms with E-state index in [4.69, 9.17) is 4.74 Å². The maximum atomic E-state index is 13.3. The molecule has 166 valence electrons. The van der Waals surface area contributed by atoms with Crippen molar-refractivity contribution in [3.8, 4) is 11.4 Å². The van der Waals surface area contributed by atoms with E-state index < -0.39 is 5.60 Å². The van der Waals surface area contributed by atoms with Crippen LogP contribution in [0.3, 0.4) is 0 Å². The van der Waals surface area contributed by atoms with Crippen LogP contribution in [0.5, 0.6) is 5.75 Å². The molecule has 2 heterocycles. The van der Waals surface area contributed by atoms with Gasteiger partial charge in [0.25, 0.3) is 5.91 Å². The number of piperidine rings is 1. The van der Waals surface area contributed by atoms with Gasteiger partial charge < -0.3 is 19.9 Å². The van der Waals surface area contributed by atoms with Crippen LogP contribution in [0, 0.1) is 6.92 Å². The molecule has 0 aliphatic carbocycles. The maximum absolute atomic E-state index is 13.3. The Morgan fingerprint density at radius 2 is 1.84 bits per heavy atom. The second-order valence-corrected chi connectivity index (χ2v) is 7.44. The molecule has 0 unspecified atom stereocenters. The lowest BCUT2D eigenvalue weighted by Gasteiger charge is -2.36. The predicted octanol–water partition coefficient (Wildman–Crippen LogP) is 3.84. The minimum atomic E-state index is -0.857. The molecule has 0 bridgehead atoms. The van der Waals surface area contributed by atoms with E-state index in [0.29, 0.717) is 19.4 Å². The number of carbonyl (C=O) groups is 1. The number of carbonyl (C=O) groups excluding carboxylic acids is 1. The number of para-hydroxylation sites is 1. The van der Waals surface area contributed by atoms with E-state index in [0.717, 1.165) is 35.7 Å². The molecule has 1 saturated heterocycles. The minimum absolute atomic E-state index is 0. The predicted molar refractivity (Wildman–Crippen MR) is 127 cm³/mol. The quantitative estimate of drug-likeness (QED) is 0.583. The molecule has 2 N–H and O–H groups in total. The van der Waals surface area contributed by atoms with Gasteiger partial charge in [0.15, 0.2) is 5.60 Å². The molecule has 4 rings (SSSR count). The number of hydrogen-bond acceptors (Lipinski definition) is 4. The molecular formula is C23H28Cl2N4O2. The number of hydrogen-bond donors (Lipinski definition) is 2. The summed E-state index contributed by atoms with van der Waals surface area (Å²) >= 11 is 0. The van der Waals surface area contributed by atoms with Gasteiger partial charge in [-0.3, -0.25) is 4.79 Å². The zero-order valence-corrected chi connectivity index (χ0v) is 19.0. The summed E-state index contributed by atoms with van der Waals surface area (Å²) in [6.45, 7) is 3.98. The molecular weight excluding hydrogens is 435 g/mol. The second kappa shape index (κ2) is 11.2. The van der Waals surface area contributed by atoms with Gasteiger partial charge in [-0.05, 0) is 43.8 Å². The van der Waals surface area contributed by atoms with Crippen molar-refractivity contribution in [2.24, 2.45) is 0 Å². The van der Waals surface area contributed by atoms with Crippen LogP contribution in [0.15, 0.2) is 67.3 Å². The van der Waals surface area contributed by atoms with E-state index in [1.807, 2.05) is 66.2 Å². The van der Waals surface area contributed by atoms with E-state index in [2.05, 4.69) is 15.6 Å². The lowest BCUT2D eigenvalue weighted by atomic mass is 9.90. The van der Waals surface area contributed by atoms with Crippen molar-refractivity contribution in [2.45, 2.75) is 31.9 Å². The first-order chi connectivity index (χ1) is 14.2. The Kier molecular flexibility index (Phi) is 8.92. The smallest absolute Gasteiger partial charge is 0.264 e. The first-order valence-corrected chi connectivity index (χ1v) is 9.97. The number of ether oxygens (including phenoxy) is 1. The van der Waals surface area contributed by atoms with Gasteiger partial charge >= 0.3 is 0 Å². The Hall–Kier alpha value is -2.54. The van der Waals surface area contributed by atoms with Crippen LogP contribution in [0.1, 0.15) is 24.0 Å². The van der Waals surface area contributed by atoms with E-state index in [9.17, 15) is 4.79 Å². The molecule has 31 heavy (non-hydrogen) atoms. The zero-order chi connectivity index (χ0) is 20.1. The number of benzene rings is 2. The summed E-state index contributed by atoms with van der Waals surface area (Å²) < 4.78 is 8.23. The summed E-state index contributed by atoms with van der Waals surface area (Å²) in [4.78, 5) is 17.4. The minimum Gasteiger partial charge on any atom is -0.477 e. The van der Waals surface area contributed by atoms with Crippen molar-refractivity contribution in [2.75, 3.05) is 13.1 Å². The third-order valence-electron chi connectivity index (χ3n) is 5.37. The number of amides is 1. The van der Waals surface area contributed by atoms with Crippen LogP contribution in [-0.2, 0) is 11.3 Å². The average molecular weight is 463 g/mol. The number of rotatable bonds is 6. The number of aryl methyl sites for hydroxylation is 1. The molecule has 2 aromatic carbocycles. The van der Waals surface area contributed by atoms with Crippen LogP contribution in [0.4, 0.5) is 0 Å². The monoisotopic (exact) mass is 462 g/mol. The third kappa shape index (κ3) is 5.79. The van der Waals surface area contributed by atoms with E-state index in [1.54, 1.807) is 12.5 Å². The number of imidazole rings is 1. The summed E-state index contributed by atoms with van der Waals surface area (Å²) in [6, 6.07) is 15.9. The highest BCUT2D eigenvalue weighted by atomic mass is 35.5. The lowest BCUT2D eigenvalue weighted by Crippen LogP contribution is -2.56. The van der Waals surface area contributed by atoms with Gasteiger partial charge in [0.05, 0.1) is 12.0 Å². The van der Waals surface area contributed by atoms with Crippen LogP contribution < -0.4 is 15.4 Å². The highest BCUT2D eigenvalue weighted by molar-refractivity contribution is 5.86. The highest BCUT2D eigenvalue weighted by Gasteiger charge is 2.42. The normalized spacial score (nSPS) is 14.6. The van der Waals surface area contributed by atoms with E-state index in [1.165, 1.54) is 0 Å². The van der Waals surface area contributed by atoms with Gasteiger partial charge in [-0.2, -0.15) is 0 Å². The maximum Gasteiger partial charge on any atom is 0.264 e. The number of aromatic nitrogens is 2. The fourth-order valence-corrected chi connectivity index (χ4v) is 3.69. The SMILES string of the molecule is Cc1ccc(OC2(C(=O)NCc3ccccc3-n3ccnc3)CCNCC2)cc1.Cl.Cl. The Morgan fingerprint density at radius 3 is 2.52 bits per heavy atom. The first-order valence-electron chi connectivity index (χ1n) is 9.97. The summed E-state index contributed by atoms with van der Waals surface area (Å²) in [7, 11) is 0. The molecule has 3 aromatic rings. The van der Waals surface area contributed by atoms with Crippen LogP contribution in [0.2, 0.25) is 0 Å². The lowest BCUT2D eigenvalue weighted by molar-refractivity contribution is -0.139. The van der Waals surface area contributed by atoms with E-state index >= 15 is 0 Å². The second-order valence-electron chi connectivity index (χ2n) is 7.44. The van der Waals surface area contributed by atoms with Gasteiger partial charge in [0, 0.05) is 31.8 Å². The van der Waals surface area contributed by atoms with Gasteiger partial charge in [0.2, 0.25) is 0 Å². The fourth-order valence-electron chi connectivity index (χ4n) is 3.69. The van der Waals surface area contributed by atoms with Crippen LogP contribution in [0.25, 0.3) is 5.69 Å². The van der Waals surface area contributed by atoms with Gasteiger partial charge in [-0.15, -0.1) is 24.8 Å². The molecule has 0 saturated carbocycles. The Labute approximate surface area is 195 Å². The molecule has 8 heteroatoms. The molecule has 0 radical (unpaired) electrons. The Morgan fingerprint density at radius 1 is 1.13 bits per heavy atom. The number of nitrogens with one attached hydrogen (secondary N) is 2. The van der Waals surface area contributed by atoms with Crippen molar-refractivity contribution in [3.63, 3.8) is 0 Å². The Balaban J connectivity index is 0.00000171. The molecule has 1 amide bonds. The summed E-state index contributed by atoms with van der Waals surface area (Å²) in [5.41, 5.74) is 2.34. The molecule has 1 aromatic heterocycles. The first kappa shape index (κ1) is 24.7. The Bertz CT molecular complexity index is 956. The van der Waals surface area contributed by atoms with Crippen molar-refractivity contribution in [3.05, 3.63) is 78.4 Å². The van der Waals surface area contributed by atoms with Crippen molar-refractivity contribution < 1.29 is 9.53 Å². The summed E-state index contributed by atoms with van der Waals surface area (Å²) in [6.07, 6.45) is 6.67. The van der Waals surface area contributed by atoms with Crippen molar-refractivity contribution >= 4 is 30.7 Å². The number of halogens is 2. The molecule has 1 aliphatic heterocycles. The molecule has 0 atom stereocenters. The molecule has 6 nitrogen and oxygen atoms in total. The van der Waals surface area contributed by atoms with Crippen molar-refractivity contribution in [1.29, 1.82) is 0 Å². The third-order valence-corrected chi connectivity index (χ3v) is 5.37. The van der Waals surface area contributed by atoms with Crippen LogP contribution in [-0.4, -0.2) is 34.1 Å². The zero-order valence-electron chi connectivity index (χ0n) is 17.4. The molecule has 1 fully saturated rings. The fraction of sp³-hybridized carbons (Fsp3) is 0.304. The molecule has 1 aliphatic rings. The summed E-state index contributed by atoms with van der Waals surface area (Å²) in [5.74, 6) is 0.659. The van der Waals surface area contributed by atoms with Gasteiger partial charge in [-0.1, -0.05) is 35.9 Å². The van der Waals surface area contributed by atoms with Crippen molar-refractivity contribution in [1.82, 2.24) is 20.2 Å². The van der Waals surface area contributed by atoms with Gasteiger partial charge in [-0.25, -0.2) is 4.98 Å². The highest BCUT2D eigenvalue weighted by Crippen LogP contribution is 2.27. The standard InChI is InChI=1S/C23H26N4O2.2ClH/c1-18-6-8-20(9-7-18)29-23(10-12-24-13-11-23)22(28)26-16-19-4-2-3-5-21(19)27-15-14-25-17-27;;/h2-9,14-15,17,24H,10-13,16H2,1H3,(H,26,28);2*1H. The largest absolute Gasteiger partial charge is 0.477 e. The molecule has 0 spiro atoms. The van der Waals surface area contributed by atoms with Gasteiger partial charge in [0.1, 0.15) is 5.75 Å².